The number of halogens is 1. The molecule has 0 radical (unpaired) electrons. The van der Waals surface area contributed by atoms with E-state index in [4.69, 9.17) is 9.47 Å². The summed E-state index contributed by atoms with van der Waals surface area (Å²) in [7, 11) is 4.21. The van der Waals surface area contributed by atoms with Crippen molar-refractivity contribution in [1.82, 2.24) is 4.90 Å². The van der Waals surface area contributed by atoms with Crippen molar-refractivity contribution in [2.24, 2.45) is 0 Å². The summed E-state index contributed by atoms with van der Waals surface area (Å²) in [5.74, 6) is -0.200. The van der Waals surface area contributed by atoms with Gasteiger partial charge in [-0.15, -0.1) is 0 Å². The molecule has 1 fully saturated rings. The predicted octanol–water partition coefficient (Wildman–Crippen LogP) is 2.68. The molecule has 0 N–H and O–H groups in total. The molecule has 0 atom stereocenters. The van der Waals surface area contributed by atoms with Gasteiger partial charge in [-0.1, -0.05) is 0 Å². The molecule has 0 bridgehead atoms. The lowest BCUT2D eigenvalue weighted by Crippen LogP contribution is -2.34. The van der Waals surface area contributed by atoms with Crippen LogP contribution in [-0.2, 0) is 14.3 Å². The fraction of sp³-hybridized carbons (Fsp3) is 0.267. The number of carbonyl (C=O) groups excluding carboxylic acids is 3. The number of carbonyl (C=O) groups is 3. The Morgan fingerprint density at radius 3 is 2.54 bits per heavy atom. The molecule has 1 aliphatic rings. The van der Waals surface area contributed by atoms with Gasteiger partial charge < -0.3 is 14.2 Å². The summed E-state index contributed by atoms with van der Waals surface area (Å²) < 4.78 is 15.6. The molecule has 1 heterocycles. The Labute approximate surface area is 151 Å². The van der Waals surface area contributed by atoms with Crippen LogP contribution in [0.4, 0.5) is 4.79 Å². The van der Waals surface area contributed by atoms with E-state index >= 15 is 0 Å². The summed E-state index contributed by atoms with van der Waals surface area (Å²) in [6.45, 7) is -0.409. The number of benzene rings is 1. The molecule has 2 amide bonds. The molecule has 9 heteroatoms. The molecule has 128 valence electrons. The fourth-order valence-electron chi connectivity index (χ4n) is 2.00. The van der Waals surface area contributed by atoms with Crippen LogP contribution in [0.15, 0.2) is 21.5 Å². The molecule has 2 rings (SSSR count). The van der Waals surface area contributed by atoms with Crippen molar-refractivity contribution >= 4 is 50.9 Å². The van der Waals surface area contributed by atoms with Crippen molar-refractivity contribution in [3.8, 4) is 11.5 Å². The number of thioether (sulfide) groups is 1. The monoisotopic (exact) mass is 415 g/mol. The molecule has 0 spiro atoms. The number of methoxy groups -OCH3 is 3. The van der Waals surface area contributed by atoms with E-state index in [1.165, 1.54) is 21.3 Å². The standard InChI is InChI=1S/C15H14BrNO6S/c1-21-10-5-8(4-9(16)13(10)23-3)6-11-14(19)17(15(20)24-11)7-12(18)22-2/h4-6H,7H2,1-3H3. The Kier molecular flexibility index (Phi) is 5.89. The van der Waals surface area contributed by atoms with Gasteiger partial charge >= 0.3 is 5.97 Å². The van der Waals surface area contributed by atoms with E-state index in [-0.39, 0.29) is 4.91 Å². The summed E-state index contributed by atoms with van der Waals surface area (Å²) in [6.07, 6.45) is 1.55. The zero-order valence-electron chi connectivity index (χ0n) is 13.1. The number of nitrogens with zero attached hydrogens (tertiary/aromatic N) is 1. The van der Waals surface area contributed by atoms with Crippen molar-refractivity contribution in [1.29, 1.82) is 0 Å². The third-order valence-electron chi connectivity index (χ3n) is 3.14. The molecule has 0 aliphatic carbocycles. The summed E-state index contributed by atoms with van der Waals surface area (Å²) in [5.41, 5.74) is 0.642. The van der Waals surface area contributed by atoms with Gasteiger partial charge in [0, 0.05) is 0 Å². The Balaban J connectivity index is 2.32. The van der Waals surface area contributed by atoms with Crippen LogP contribution in [0.2, 0.25) is 0 Å². The van der Waals surface area contributed by atoms with E-state index in [0.29, 0.717) is 21.5 Å². The van der Waals surface area contributed by atoms with Gasteiger partial charge in [-0.3, -0.25) is 19.3 Å². The first-order valence-electron chi connectivity index (χ1n) is 6.65. The van der Waals surface area contributed by atoms with Crippen LogP contribution in [0.3, 0.4) is 0 Å². The van der Waals surface area contributed by atoms with Crippen LogP contribution in [0, 0.1) is 0 Å². The summed E-state index contributed by atoms with van der Waals surface area (Å²) in [4.78, 5) is 36.5. The fourth-order valence-corrected chi connectivity index (χ4v) is 3.46. The molecule has 7 nitrogen and oxygen atoms in total. The second kappa shape index (κ2) is 7.71. The molecule has 1 saturated heterocycles. The number of hydrogen-bond acceptors (Lipinski definition) is 7. The van der Waals surface area contributed by atoms with E-state index in [0.717, 1.165) is 16.7 Å². The summed E-state index contributed by atoms with van der Waals surface area (Å²) >= 11 is 4.13. The summed E-state index contributed by atoms with van der Waals surface area (Å²) in [6, 6.07) is 3.41. The van der Waals surface area contributed by atoms with Gasteiger partial charge in [0.1, 0.15) is 6.54 Å². The molecule has 0 unspecified atom stereocenters. The normalized spacial score (nSPS) is 15.8. The first kappa shape index (κ1) is 18.3. The van der Waals surface area contributed by atoms with E-state index in [1.807, 2.05) is 0 Å². The second-order valence-corrected chi connectivity index (χ2v) is 6.43. The molecule has 1 aliphatic heterocycles. The van der Waals surface area contributed by atoms with Crippen molar-refractivity contribution in [3.63, 3.8) is 0 Å². The van der Waals surface area contributed by atoms with Crippen LogP contribution in [0.5, 0.6) is 11.5 Å². The number of hydrogen-bond donors (Lipinski definition) is 0. The highest BCUT2D eigenvalue weighted by Crippen LogP contribution is 2.38. The number of ether oxygens (including phenoxy) is 3. The molecule has 24 heavy (non-hydrogen) atoms. The number of rotatable bonds is 5. The SMILES string of the molecule is COC(=O)CN1C(=O)SC(=Cc2cc(Br)c(OC)c(OC)c2)C1=O. The maximum absolute atomic E-state index is 12.3. The highest BCUT2D eigenvalue weighted by molar-refractivity contribution is 9.10. The van der Waals surface area contributed by atoms with E-state index in [2.05, 4.69) is 20.7 Å². The smallest absolute Gasteiger partial charge is 0.325 e. The van der Waals surface area contributed by atoms with Crippen molar-refractivity contribution in [2.75, 3.05) is 27.9 Å². The van der Waals surface area contributed by atoms with Crippen LogP contribution in [0.1, 0.15) is 5.56 Å². The molecule has 1 aromatic carbocycles. The molecular formula is C15H14BrNO6S. The van der Waals surface area contributed by atoms with Crippen molar-refractivity contribution in [3.05, 3.63) is 27.1 Å². The third-order valence-corrected chi connectivity index (χ3v) is 4.64. The first-order chi connectivity index (χ1) is 11.4. The molecule has 1 aromatic rings. The first-order valence-corrected chi connectivity index (χ1v) is 8.26. The van der Waals surface area contributed by atoms with Crippen LogP contribution in [-0.4, -0.2) is 49.9 Å². The average molecular weight is 416 g/mol. The Bertz CT molecular complexity index is 733. The minimum absolute atomic E-state index is 0.211. The Morgan fingerprint density at radius 2 is 1.96 bits per heavy atom. The third kappa shape index (κ3) is 3.73. The second-order valence-electron chi connectivity index (χ2n) is 4.58. The lowest BCUT2D eigenvalue weighted by molar-refractivity contribution is -0.143. The zero-order valence-corrected chi connectivity index (χ0v) is 15.5. The van der Waals surface area contributed by atoms with Crippen LogP contribution >= 0.6 is 27.7 Å². The van der Waals surface area contributed by atoms with Crippen LogP contribution < -0.4 is 9.47 Å². The van der Waals surface area contributed by atoms with Gasteiger partial charge in [-0.05, 0) is 51.5 Å². The number of amides is 2. The lowest BCUT2D eigenvalue weighted by Gasteiger charge is -2.11. The summed E-state index contributed by atoms with van der Waals surface area (Å²) in [5, 5.41) is -0.517. The molecule has 0 aromatic heterocycles. The lowest BCUT2D eigenvalue weighted by atomic mass is 10.2. The van der Waals surface area contributed by atoms with Crippen LogP contribution in [0.25, 0.3) is 6.08 Å². The van der Waals surface area contributed by atoms with Gasteiger partial charge in [0.15, 0.2) is 11.5 Å². The van der Waals surface area contributed by atoms with Crippen molar-refractivity contribution in [2.45, 2.75) is 0 Å². The van der Waals surface area contributed by atoms with Crippen molar-refractivity contribution < 1.29 is 28.6 Å². The Morgan fingerprint density at radius 1 is 1.25 bits per heavy atom. The van der Waals surface area contributed by atoms with Gasteiger partial charge in [-0.2, -0.15) is 0 Å². The highest BCUT2D eigenvalue weighted by atomic mass is 79.9. The average Bonchev–Trinajstić information content (AvgIpc) is 2.81. The number of imide groups is 1. The Hall–Kier alpha value is -2.00. The molecular weight excluding hydrogens is 402 g/mol. The predicted molar refractivity (Wildman–Crippen MR) is 91.9 cm³/mol. The van der Waals surface area contributed by atoms with E-state index < -0.39 is 23.7 Å². The zero-order chi connectivity index (χ0) is 17.9. The number of esters is 1. The molecule has 0 saturated carbocycles. The van der Waals surface area contributed by atoms with E-state index in [9.17, 15) is 14.4 Å². The quantitative estimate of drug-likeness (QED) is 0.539. The van der Waals surface area contributed by atoms with Gasteiger partial charge in [0.2, 0.25) is 0 Å². The largest absolute Gasteiger partial charge is 0.493 e. The van der Waals surface area contributed by atoms with Gasteiger partial charge in [0.05, 0.1) is 30.7 Å². The van der Waals surface area contributed by atoms with Gasteiger partial charge in [-0.25, -0.2) is 0 Å². The minimum Gasteiger partial charge on any atom is -0.493 e. The topological polar surface area (TPSA) is 82.1 Å². The maximum atomic E-state index is 12.3. The van der Waals surface area contributed by atoms with E-state index in [1.54, 1.807) is 18.2 Å². The highest BCUT2D eigenvalue weighted by Gasteiger charge is 2.36. The van der Waals surface area contributed by atoms with Gasteiger partial charge in [0.25, 0.3) is 11.1 Å². The minimum atomic E-state index is -0.660. The maximum Gasteiger partial charge on any atom is 0.325 e.